The van der Waals surface area contributed by atoms with Gasteiger partial charge in [-0.2, -0.15) is 0 Å². The maximum atomic E-state index is 10.0. The average Bonchev–Trinajstić information content (AvgIpc) is 3.29. The van der Waals surface area contributed by atoms with Gasteiger partial charge in [-0.1, -0.05) is 91.0 Å². The van der Waals surface area contributed by atoms with E-state index < -0.39 is 0 Å². The first-order valence-corrected chi connectivity index (χ1v) is 19.2. The maximum absolute atomic E-state index is 10.0. The molecule has 0 atom stereocenters. The molecule has 0 amide bonds. The van der Waals surface area contributed by atoms with Crippen molar-refractivity contribution >= 4 is 0 Å². The molecule has 0 bridgehead atoms. The first kappa shape index (κ1) is 50.1. The van der Waals surface area contributed by atoms with Crippen molar-refractivity contribution < 1.29 is 76.6 Å². The third kappa shape index (κ3) is 13.4. The summed E-state index contributed by atoms with van der Waals surface area (Å²) in [7, 11) is 0. The van der Waals surface area contributed by atoms with Crippen LogP contribution in [0.5, 0.6) is 34.5 Å². The standard InChI is InChI=1S/C16H18O5.C15H16O4.2C8H10O3/c17-7-12-3-1-2-11(15(12)20)4-10-5-13(8-18)16(21)14(6-10)9-19;16-8-12-5-1-3-10(14(12)18)7-11-4-2-6-13(9-17)15(11)19;2*9-4-6-2-1-3-7(5-10)8(6)11/h1-3,5-6,17-21H,4,7-9H2;1-6,16-19H,7-9H2;2*1-3,9-11H,4-5H2. The van der Waals surface area contributed by atoms with E-state index >= 15 is 0 Å². The highest BCUT2D eigenvalue weighted by atomic mass is 16.3. The molecule has 332 valence electrons. The second kappa shape index (κ2) is 25.5. The fraction of sp³-hybridized carbons (Fsp3) is 0.234. The van der Waals surface area contributed by atoms with Crippen LogP contribution in [0, 0.1) is 0 Å². The summed E-state index contributed by atoms with van der Waals surface area (Å²) in [6.07, 6.45) is 0.694. The molecule has 62 heavy (non-hydrogen) atoms. The first-order chi connectivity index (χ1) is 29.9. The highest BCUT2D eigenvalue weighted by molar-refractivity contribution is 5.49. The van der Waals surface area contributed by atoms with Crippen LogP contribution >= 0.6 is 0 Å². The van der Waals surface area contributed by atoms with Crippen LogP contribution in [-0.2, 0) is 72.3 Å². The lowest BCUT2D eigenvalue weighted by Crippen LogP contribution is -1.98. The summed E-state index contributed by atoms with van der Waals surface area (Å²) in [6, 6.07) is 28.4. The predicted molar refractivity (Wildman–Crippen MR) is 228 cm³/mol. The molecule has 15 N–H and O–H groups in total. The molecular formula is C47H54O15. The molecule has 0 aliphatic rings. The summed E-state index contributed by atoms with van der Waals surface area (Å²) in [6.45, 7) is -2.23. The van der Waals surface area contributed by atoms with Gasteiger partial charge >= 0.3 is 0 Å². The number of aromatic hydroxyl groups is 6. The van der Waals surface area contributed by atoms with E-state index in [2.05, 4.69) is 0 Å². The van der Waals surface area contributed by atoms with Crippen molar-refractivity contribution in [3.8, 4) is 34.5 Å². The van der Waals surface area contributed by atoms with Crippen LogP contribution in [0.2, 0.25) is 0 Å². The zero-order valence-corrected chi connectivity index (χ0v) is 33.8. The Bertz CT molecular complexity index is 2150. The van der Waals surface area contributed by atoms with Crippen LogP contribution in [0.1, 0.15) is 72.3 Å². The van der Waals surface area contributed by atoms with E-state index in [0.717, 1.165) is 5.56 Å². The second-order valence-corrected chi connectivity index (χ2v) is 13.7. The Labute approximate surface area is 358 Å². The van der Waals surface area contributed by atoms with Crippen molar-refractivity contribution in [2.45, 2.75) is 72.3 Å². The van der Waals surface area contributed by atoms with Gasteiger partial charge in [0.15, 0.2) is 0 Å². The topological polar surface area (TPSA) is 303 Å². The molecule has 0 fully saturated rings. The molecule has 6 aromatic carbocycles. The molecule has 0 aliphatic carbocycles. The van der Waals surface area contributed by atoms with Gasteiger partial charge < -0.3 is 76.6 Å². The average molecular weight is 859 g/mol. The smallest absolute Gasteiger partial charge is 0.126 e. The number of para-hydroxylation sites is 5. The van der Waals surface area contributed by atoms with Gasteiger partial charge in [0, 0.05) is 62.9 Å². The normalized spacial score (nSPS) is 10.5. The number of aliphatic hydroxyl groups excluding tert-OH is 9. The van der Waals surface area contributed by atoms with Crippen molar-refractivity contribution in [1.29, 1.82) is 0 Å². The van der Waals surface area contributed by atoms with Gasteiger partial charge in [0.1, 0.15) is 34.5 Å². The van der Waals surface area contributed by atoms with Gasteiger partial charge in [-0.3, -0.25) is 0 Å². The van der Waals surface area contributed by atoms with E-state index in [1.165, 1.54) is 0 Å². The number of phenols is 6. The Hall–Kier alpha value is -6.24. The lowest BCUT2D eigenvalue weighted by molar-refractivity contribution is 0.263. The zero-order valence-electron chi connectivity index (χ0n) is 33.8. The summed E-state index contributed by atoms with van der Waals surface area (Å²) in [5.41, 5.74) is 6.38. The Balaban J connectivity index is 0.000000229. The highest BCUT2D eigenvalue weighted by Crippen LogP contribution is 2.31. The third-order valence-electron chi connectivity index (χ3n) is 9.65. The van der Waals surface area contributed by atoms with Crippen molar-refractivity contribution in [2.75, 3.05) is 0 Å². The Morgan fingerprint density at radius 3 is 0.629 bits per heavy atom. The molecule has 6 aromatic rings. The minimum Gasteiger partial charge on any atom is -0.507 e. The van der Waals surface area contributed by atoms with Crippen LogP contribution in [0.15, 0.2) is 103 Å². The van der Waals surface area contributed by atoms with Crippen LogP contribution in [-0.4, -0.2) is 76.6 Å². The highest BCUT2D eigenvalue weighted by Gasteiger charge is 2.14. The fourth-order valence-corrected chi connectivity index (χ4v) is 6.14. The predicted octanol–water partition coefficient (Wildman–Crippen LogP) is 3.59. The minimum atomic E-state index is -0.338. The van der Waals surface area contributed by atoms with Crippen molar-refractivity contribution in [2.24, 2.45) is 0 Å². The maximum Gasteiger partial charge on any atom is 0.126 e. The molecule has 0 aromatic heterocycles. The Morgan fingerprint density at radius 1 is 0.226 bits per heavy atom. The molecule has 0 saturated heterocycles. The number of rotatable bonds is 13. The molecule has 0 radical (unpaired) electrons. The fourth-order valence-electron chi connectivity index (χ4n) is 6.14. The van der Waals surface area contributed by atoms with E-state index in [-0.39, 0.29) is 94.0 Å². The van der Waals surface area contributed by atoms with Crippen LogP contribution in [0.25, 0.3) is 0 Å². The minimum absolute atomic E-state index is 0.0162. The molecule has 15 nitrogen and oxygen atoms in total. The van der Waals surface area contributed by atoms with Gasteiger partial charge in [-0.15, -0.1) is 0 Å². The van der Waals surface area contributed by atoms with Gasteiger partial charge in [0.05, 0.1) is 59.5 Å². The summed E-state index contributed by atoms with van der Waals surface area (Å²) < 4.78 is 0. The monoisotopic (exact) mass is 858 g/mol. The van der Waals surface area contributed by atoms with Crippen LogP contribution < -0.4 is 0 Å². The Kier molecular flexibility index (Phi) is 20.6. The lowest BCUT2D eigenvalue weighted by Gasteiger charge is -2.12. The SMILES string of the molecule is OCc1cc(Cc2cccc(CO)c2O)cc(CO)c1O.OCc1cccc(CO)c1O.OCc1cccc(CO)c1O.OCc1cccc(Cc2cccc(CO)c2O)c1O. The van der Waals surface area contributed by atoms with Gasteiger partial charge in [-0.05, 0) is 34.4 Å². The van der Waals surface area contributed by atoms with Gasteiger partial charge in [-0.25, -0.2) is 0 Å². The number of hydrogen-bond donors (Lipinski definition) is 15. The van der Waals surface area contributed by atoms with E-state index in [4.69, 9.17) is 35.7 Å². The molecule has 0 aliphatic heterocycles. The molecule has 6 rings (SSSR count). The van der Waals surface area contributed by atoms with Crippen molar-refractivity contribution in [1.82, 2.24) is 0 Å². The van der Waals surface area contributed by atoms with Crippen molar-refractivity contribution in [3.05, 3.63) is 175 Å². The van der Waals surface area contributed by atoms with Gasteiger partial charge in [0.25, 0.3) is 0 Å². The molecule has 0 saturated carbocycles. The van der Waals surface area contributed by atoms with Crippen LogP contribution in [0.3, 0.4) is 0 Å². The van der Waals surface area contributed by atoms with E-state index in [1.807, 2.05) is 0 Å². The first-order valence-electron chi connectivity index (χ1n) is 19.2. The zero-order chi connectivity index (χ0) is 45.8. The number of benzene rings is 6. The lowest BCUT2D eigenvalue weighted by atomic mass is 9.97. The molecule has 0 heterocycles. The number of aliphatic hydroxyl groups is 9. The van der Waals surface area contributed by atoms with E-state index in [0.29, 0.717) is 79.6 Å². The molecule has 0 spiro atoms. The molecule has 15 heteroatoms. The summed E-state index contributed by atoms with van der Waals surface area (Å²) in [5.74, 6) is -0.0335. The van der Waals surface area contributed by atoms with Crippen LogP contribution in [0.4, 0.5) is 0 Å². The van der Waals surface area contributed by atoms with E-state index in [9.17, 15) is 40.9 Å². The second-order valence-electron chi connectivity index (χ2n) is 13.7. The van der Waals surface area contributed by atoms with Crippen molar-refractivity contribution in [3.63, 3.8) is 0 Å². The van der Waals surface area contributed by atoms with E-state index in [1.54, 1.807) is 103 Å². The summed E-state index contributed by atoms with van der Waals surface area (Å²) in [4.78, 5) is 0. The third-order valence-corrected chi connectivity index (χ3v) is 9.65. The summed E-state index contributed by atoms with van der Waals surface area (Å²) in [5, 5.41) is 139. The molecule has 0 unspecified atom stereocenters. The largest absolute Gasteiger partial charge is 0.507 e. The quantitative estimate of drug-likeness (QED) is 0.0790. The molecular weight excluding hydrogens is 805 g/mol. The summed E-state index contributed by atoms with van der Waals surface area (Å²) >= 11 is 0. The van der Waals surface area contributed by atoms with Gasteiger partial charge in [0.2, 0.25) is 0 Å². The number of hydrogen-bond acceptors (Lipinski definition) is 15. The Morgan fingerprint density at radius 2 is 0.403 bits per heavy atom.